The van der Waals surface area contributed by atoms with Crippen molar-refractivity contribution >= 4 is 11.5 Å². The van der Waals surface area contributed by atoms with Crippen molar-refractivity contribution in [1.82, 2.24) is 9.80 Å². The van der Waals surface area contributed by atoms with Gasteiger partial charge in [-0.2, -0.15) is 0 Å². The average molecular weight is 312 g/mol. The Kier molecular flexibility index (Phi) is 5.50. The second-order valence-electron chi connectivity index (χ2n) is 6.86. The third-order valence-corrected chi connectivity index (χ3v) is 5.27. The maximum absolute atomic E-state index is 12.5. The molecule has 3 heteroatoms. The Morgan fingerprint density at radius 3 is 2.39 bits per heavy atom. The molecule has 2 fully saturated rings. The van der Waals surface area contributed by atoms with Crippen molar-refractivity contribution < 1.29 is 4.79 Å². The number of carbonyl (C=O) groups is 1. The van der Waals surface area contributed by atoms with Crippen LogP contribution < -0.4 is 0 Å². The molecule has 23 heavy (non-hydrogen) atoms. The number of carbonyl (C=O) groups excluding carboxylic acids is 1. The molecule has 0 unspecified atom stereocenters. The Hall–Kier alpha value is -1.61. The largest absolute Gasteiger partial charge is 0.340 e. The van der Waals surface area contributed by atoms with Crippen LogP contribution in [-0.4, -0.2) is 48.4 Å². The maximum atomic E-state index is 12.5. The Morgan fingerprint density at radius 2 is 1.74 bits per heavy atom. The van der Waals surface area contributed by atoms with Crippen LogP contribution in [0.25, 0.3) is 5.57 Å². The zero-order chi connectivity index (χ0) is 16.1. The molecule has 0 spiro atoms. The molecule has 124 valence electrons. The highest BCUT2D eigenvalue weighted by Crippen LogP contribution is 2.27. The van der Waals surface area contributed by atoms with E-state index in [2.05, 4.69) is 53.1 Å². The minimum atomic E-state index is 0.321. The Balaban J connectivity index is 1.46. The van der Waals surface area contributed by atoms with Gasteiger partial charge in [0, 0.05) is 38.6 Å². The fourth-order valence-corrected chi connectivity index (χ4v) is 3.67. The van der Waals surface area contributed by atoms with Crippen molar-refractivity contribution in [2.45, 2.75) is 32.6 Å². The Morgan fingerprint density at radius 1 is 1.09 bits per heavy atom. The summed E-state index contributed by atoms with van der Waals surface area (Å²) in [6.07, 6.45) is 7.00. The van der Waals surface area contributed by atoms with Crippen molar-refractivity contribution in [3.8, 4) is 0 Å². The second kappa shape index (κ2) is 7.78. The van der Waals surface area contributed by atoms with Gasteiger partial charge in [-0.25, -0.2) is 0 Å². The van der Waals surface area contributed by atoms with E-state index >= 15 is 0 Å². The monoisotopic (exact) mass is 312 g/mol. The SMILES string of the molecule is C/C(=C\CN1CCN(C(=O)C2CCCC2)CC1)c1ccccc1. The molecule has 1 aromatic carbocycles. The molecule has 1 heterocycles. The average Bonchev–Trinajstić information content (AvgIpc) is 3.15. The van der Waals surface area contributed by atoms with Gasteiger partial charge < -0.3 is 4.90 Å². The lowest BCUT2D eigenvalue weighted by molar-refractivity contribution is -0.137. The zero-order valence-electron chi connectivity index (χ0n) is 14.2. The Bertz CT molecular complexity index is 538. The molecule has 1 aliphatic heterocycles. The number of amides is 1. The van der Waals surface area contributed by atoms with Gasteiger partial charge in [0.2, 0.25) is 5.91 Å². The number of hydrogen-bond donors (Lipinski definition) is 0. The first-order valence-corrected chi connectivity index (χ1v) is 8.97. The summed E-state index contributed by atoms with van der Waals surface area (Å²) in [6, 6.07) is 10.5. The topological polar surface area (TPSA) is 23.6 Å². The first-order valence-electron chi connectivity index (χ1n) is 8.97. The van der Waals surface area contributed by atoms with Crippen molar-refractivity contribution in [2.75, 3.05) is 32.7 Å². The Labute approximate surface area is 140 Å². The fourth-order valence-electron chi connectivity index (χ4n) is 3.67. The van der Waals surface area contributed by atoms with Crippen molar-refractivity contribution in [2.24, 2.45) is 5.92 Å². The highest BCUT2D eigenvalue weighted by molar-refractivity contribution is 5.79. The molecular weight excluding hydrogens is 284 g/mol. The van der Waals surface area contributed by atoms with Crippen LogP contribution in [0.1, 0.15) is 38.2 Å². The van der Waals surface area contributed by atoms with E-state index in [1.165, 1.54) is 24.0 Å². The van der Waals surface area contributed by atoms with Gasteiger partial charge in [0.25, 0.3) is 0 Å². The normalized spacial score (nSPS) is 20.9. The van der Waals surface area contributed by atoms with Crippen LogP contribution in [0.5, 0.6) is 0 Å². The zero-order valence-corrected chi connectivity index (χ0v) is 14.2. The lowest BCUT2D eigenvalue weighted by Gasteiger charge is -2.35. The van der Waals surface area contributed by atoms with Gasteiger partial charge in [0.15, 0.2) is 0 Å². The van der Waals surface area contributed by atoms with Crippen molar-refractivity contribution in [3.05, 3.63) is 42.0 Å². The van der Waals surface area contributed by atoms with Crippen molar-refractivity contribution in [3.63, 3.8) is 0 Å². The molecule has 0 radical (unpaired) electrons. The fraction of sp³-hybridized carbons (Fsp3) is 0.550. The van der Waals surface area contributed by atoms with E-state index in [1.807, 2.05) is 0 Å². The van der Waals surface area contributed by atoms with Gasteiger partial charge in [0.05, 0.1) is 0 Å². The first kappa shape index (κ1) is 16.3. The third kappa shape index (κ3) is 4.23. The minimum absolute atomic E-state index is 0.321. The number of nitrogens with zero attached hydrogens (tertiary/aromatic N) is 2. The predicted molar refractivity (Wildman–Crippen MR) is 95.1 cm³/mol. The highest BCUT2D eigenvalue weighted by Gasteiger charge is 2.29. The standard InChI is InChI=1S/C20H28N2O/c1-17(18-7-3-2-4-8-18)11-12-21-13-15-22(16-14-21)20(23)19-9-5-6-10-19/h2-4,7-8,11,19H,5-6,9-10,12-16H2,1H3/b17-11+. The summed E-state index contributed by atoms with van der Waals surface area (Å²) in [5, 5.41) is 0. The minimum Gasteiger partial charge on any atom is -0.340 e. The summed E-state index contributed by atoms with van der Waals surface area (Å²) in [5.74, 6) is 0.736. The molecule has 0 bridgehead atoms. The van der Waals surface area contributed by atoms with E-state index in [0.29, 0.717) is 11.8 Å². The summed E-state index contributed by atoms with van der Waals surface area (Å²) in [6.45, 7) is 6.94. The van der Waals surface area contributed by atoms with Gasteiger partial charge >= 0.3 is 0 Å². The molecule has 3 rings (SSSR count). The van der Waals surface area contributed by atoms with Crippen LogP contribution in [0.4, 0.5) is 0 Å². The summed E-state index contributed by atoms with van der Waals surface area (Å²) in [7, 11) is 0. The number of allylic oxidation sites excluding steroid dienone is 1. The summed E-state index contributed by atoms with van der Waals surface area (Å²) >= 11 is 0. The summed E-state index contributed by atoms with van der Waals surface area (Å²) in [5.41, 5.74) is 2.62. The van der Waals surface area contributed by atoms with E-state index in [0.717, 1.165) is 45.6 Å². The smallest absolute Gasteiger partial charge is 0.225 e. The van der Waals surface area contributed by atoms with Crippen LogP contribution in [-0.2, 0) is 4.79 Å². The van der Waals surface area contributed by atoms with Gasteiger partial charge in [-0.15, -0.1) is 0 Å². The third-order valence-electron chi connectivity index (χ3n) is 5.27. The second-order valence-corrected chi connectivity index (χ2v) is 6.86. The predicted octanol–water partition coefficient (Wildman–Crippen LogP) is 3.42. The molecule has 1 aromatic rings. The number of rotatable bonds is 4. The number of hydrogen-bond acceptors (Lipinski definition) is 2. The van der Waals surface area contributed by atoms with Gasteiger partial charge in [-0.3, -0.25) is 9.69 Å². The summed E-state index contributed by atoms with van der Waals surface area (Å²) < 4.78 is 0. The van der Waals surface area contributed by atoms with Gasteiger partial charge in [-0.05, 0) is 30.9 Å². The molecule has 3 nitrogen and oxygen atoms in total. The number of benzene rings is 1. The molecule has 1 saturated carbocycles. The molecule has 1 saturated heterocycles. The number of piperazine rings is 1. The lowest BCUT2D eigenvalue weighted by atomic mass is 10.1. The molecule has 1 amide bonds. The molecule has 2 aliphatic rings. The molecule has 0 atom stereocenters. The molecular formula is C20H28N2O. The van der Waals surface area contributed by atoms with Crippen LogP contribution >= 0.6 is 0 Å². The summed E-state index contributed by atoms with van der Waals surface area (Å²) in [4.78, 5) is 17.0. The van der Waals surface area contributed by atoms with E-state index in [4.69, 9.17) is 0 Å². The van der Waals surface area contributed by atoms with Crippen LogP contribution in [0.2, 0.25) is 0 Å². The van der Waals surface area contributed by atoms with E-state index < -0.39 is 0 Å². The van der Waals surface area contributed by atoms with Crippen molar-refractivity contribution in [1.29, 1.82) is 0 Å². The lowest BCUT2D eigenvalue weighted by Crippen LogP contribution is -2.50. The van der Waals surface area contributed by atoms with E-state index in [-0.39, 0.29) is 0 Å². The van der Waals surface area contributed by atoms with E-state index in [9.17, 15) is 4.79 Å². The van der Waals surface area contributed by atoms with Crippen LogP contribution in [0, 0.1) is 5.92 Å². The molecule has 0 N–H and O–H groups in total. The van der Waals surface area contributed by atoms with Crippen LogP contribution in [0.3, 0.4) is 0 Å². The molecule has 0 aromatic heterocycles. The van der Waals surface area contributed by atoms with Gasteiger partial charge in [0.1, 0.15) is 0 Å². The van der Waals surface area contributed by atoms with Gasteiger partial charge in [-0.1, -0.05) is 49.2 Å². The molecule has 1 aliphatic carbocycles. The van der Waals surface area contributed by atoms with Crippen LogP contribution in [0.15, 0.2) is 36.4 Å². The quantitative estimate of drug-likeness (QED) is 0.850. The maximum Gasteiger partial charge on any atom is 0.225 e. The first-order chi connectivity index (χ1) is 11.2. The van der Waals surface area contributed by atoms with E-state index in [1.54, 1.807) is 0 Å². The highest BCUT2D eigenvalue weighted by atomic mass is 16.2.